The molecule has 3 N–H and O–H groups in total. The number of amides is 1. The van der Waals surface area contributed by atoms with Crippen LogP contribution in [0.3, 0.4) is 0 Å². The van der Waals surface area contributed by atoms with E-state index in [0.29, 0.717) is 6.42 Å². The van der Waals surface area contributed by atoms with Gasteiger partial charge in [-0.05, 0) is 43.0 Å². The smallest absolute Gasteiger partial charge is 0.237 e. The predicted molar refractivity (Wildman–Crippen MR) is 73.9 cm³/mol. The van der Waals surface area contributed by atoms with Crippen LogP contribution < -0.4 is 11.1 Å². The quantitative estimate of drug-likeness (QED) is 0.832. The minimum absolute atomic E-state index is 0.166. The third kappa shape index (κ3) is 4.66. The van der Waals surface area contributed by atoms with E-state index in [4.69, 9.17) is 5.73 Å². The SMILES string of the molecule is CSCC[C@H](N)C(=O)NC(C)c1ccc(F)cc1. The summed E-state index contributed by atoms with van der Waals surface area (Å²) in [5, 5.41) is 2.83. The van der Waals surface area contributed by atoms with Gasteiger partial charge in [-0.15, -0.1) is 0 Å². The van der Waals surface area contributed by atoms with Crippen molar-refractivity contribution >= 4 is 17.7 Å². The zero-order chi connectivity index (χ0) is 13.5. The van der Waals surface area contributed by atoms with Crippen molar-refractivity contribution in [2.24, 2.45) is 5.73 Å². The van der Waals surface area contributed by atoms with Gasteiger partial charge in [-0.1, -0.05) is 12.1 Å². The van der Waals surface area contributed by atoms with Crippen molar-refractivity contribution in [1.82, 2.24) is 5.32 Å². The Bertz CT molecular complexity index is 383. The minimum Gasteiger partial charge on any atom is -0.348 e. The Morgan fingerprint density at radius 2 is 2.06 bits per heavy atom. The molecule has 3 nitrogen and oxygen atoms in total. The van der Waals surface area contributed by atoms with Crippen molar-refractivity contribution in [2.75, 3.05) is 12.0 Å². The van der Waals surface area contributed by atoms with Crippen LogP contribution in [0.1, 0.15) is 24.9 Å². The highest BCUT2D eigenvalue weighted by Gasteiger charge is 2.16. The van der Waals surface area contributed by atoms with Crippen LogP contribution in [0.5, 0.6) is 0 Å². The number of nitrogens with two attached hydrogens (primary N) is 1. The van der Waals surface area contributed by atoms with Crippen LogP contribution in [0, 0.1) is 5.82 Å². The summed E-state index contributed by atoms with van der Waals surface area (Å²) in [7, 11) is 0. The van der Waals surface area contributed by atoms with E-state index in [0.717, 1.165) is 11.3 Å². The maximum Gasteiger partial charge on any atom is 0.237 e. The zero-order valence-corrected chi connectivity index (χ0v) is 11.5. The van der Waals surface area contributed by atoms with Crippen LogP contribution in [-0.4, -0.2) is 24.0 Å². The minimum atomic E-state index is -0.486. The molecule has 0 heterocycles. The van der Waals surface area contributed by atoms with Gasteiger partial charge in [-0.25, -0.2) is 4.39 Å². The number of halogens is 1. The number of rotatable bonds is 6. The summed E-state index contributed by atoms with van der Waals surface area (Å²) in [4.78, 5) is 11.8. The average Bonchev–Trinajstić information content (AvgIpc) is 2.36. The number of hydrogen-bond donors (Lipinski definition) is 2. The van der Waals surface area contributed by atoms with Crippen molar-refractivity contribution in [3.63, 3.8) is 0 Å². The Hall–Kier alpha value is -1.07. The normalized spacial score (nSPS) is 14.0. The van der Waals surface area contributed by atoms with Crippen LogP contribution in [0.2, 0.25) is 0 Å². The first-order valence-electron chi connectivity index (χ1n) is 5.85. The Morgan fingerprint density at radius 1 is 1.44 bits per heavy atom. The molecule has 0 aliphatic rings. The Balaban J connectivity index is 2.51. The zero-order valence-electron chi connectivity index (χ0n) is 10.7. The van der Waals surface area contributed by atoms with Crippen molar-refractivity contribution in [2.45, 2.75) is 25.4 Å². The maximum atomic E-state index is 12.8. The number of hydrogen-bond acceptors (Lipinski definition) is 3. The van der Waals surface area contributed by atoms with Crippen molar-refractivity contribution in [3.05, 3.63) is 35.6 Å². The van der Waals surface area contributed by atoms with E-state index in [1.807, 2.05) is 13.2 Å². The largest absolute Gasteiger partial charge is 0.348 e. The van der Waals surface area contributed by atoms with Gasteiger partial charge >= 0.3 is 0 Å². The van der Waals surface area contributed by atoms with Gasteiger partial charge in [0.05, 0.1) is 12.1 Å². The first kappa shape index (κ1) is 15.0. The van der Waals surface area contributed by atoms with Gasteiger partial charge in [0, 0.05) is 0 Å². The highest BCUT2D eigenvalue weighted by Crippen LogP contribution is 2.13. The molecular formula is C13H19FN2OS. The molecule has 1 unspecified atom stereocenters. The number of benzene rings is 1. The monoisotopic (exact) mass is 270 g/mol. The number of carbonyl (C=O) groups excluding carboxylic acids is 1. The van der Waals surface area contributed by atoms with Gasteiger partial charge in [0.2, 0.25) is 5.91 Å². The number of nitrogens with one attached hydrogen (secondary N) is 1. The summed E-state index contributed by atoms with van der Waals surface area (Å²) in [5.74, 6) is 0.411. The fraction of sp³-hybridized carbons (Fsp3) is 0.462. The molecule has 2 atom stereocenters. The van der Waals surface area contributed by atoms with Gasteiger partial charge < -0.3 is 11.1 Å². The standard InChI is InChI=1S/C13H19FN2OS/c1-9(10-3-5-11(14)6-4-10)16-13(17)12(15)7-8-18-2/h3-6,9,12H,7-8,15H2,1-2H3,(H,16,17)/t9?,12-/m0/s1. The number of carbonyl (C=O) groups is 1. The van der Waals surface area contributed by atoms with Gasteiger partial charge in [0.1, 0.15) is 5.82 Å². The summed E-state index contributed by atoms with van der Waals surface area (Å²) >= 11 is 1.66. The molecule has 1 aromatic carbocycles. The van der Waals surface area contributed by atoms with E-state index in [-0.39, 0.29) is 17.8 Å². The van der Waals surface area contributed by atoms with Crippen molar-refractivity contribution in [3.8, 4) is 0 Å². The first-order chi connectivity index (χ1) is 8.54. The van der Waals surface area contributed by atoms with E-state index >= 15 is 0 Å². The molecule has 1 aromatic rings. The summed E-state index contributed by atoms with van der Waals surface area (Å²) in [5.41, 5.74) is 6.63. The molecule has 0 saturated heterocycles. The fourth-order valence-electron chi connectivity index (χ4n) is 1.53. The molecule has 0 fully saturated rings. The molecular weight excluding hydrogens is 251 g/mol. The lowest BCUT2D eigenvalue weighted by atomic mass is 10.1. The molecule has 18 heavy (non-hydrogen) atoms. The van der Waals surface area contributed by atoms with Crippen LogP contribution in [0.4, 0.5) is 4.39 Å². The molecule has 100 valence electrons. The third-order valence-electron chi connectivity index (χ3n) is 2.70. The predicted octanol–water partition coefficient (Wildman–Crippen LogP) is 2.08. The Morgan fingerprint density at radius 3 is 2.61 bits per heavy atom. The van der Waals surface area contributed by atoms with E-state index in [1.54, 1.807) is 23.9 Å². The first-order valence-corrected chi connectivity index (χ1v) is 7.24. The lowest BCUT2D eigenvalue weighted by Crippen LogP contribution is -2.41. The van der Waals surface area contributed by atoms with Crippen LogP contribution in [0.15, 0.2) is 24.3 Å². The molecule has 0 spiro atoms. The molecule has 1 amide bonds. The molecule has 0 saturated carbocycles. The van der Waals surface area contributed by atoms with E-state index < -0.39 is 6.04 Å². The van der Waals surface area contributed by atoms with E-state index in [9.17, 15) is 9.18 Å². The van der Waals surface area contributed by atoms with Gasteiger partial charge in [-0.2, -0.15) is 11.8 Å². The van der Waals surface area contributed by atoms with E-state index in [2.05, 4.69) is 5.32 Å². The van der Waals surface area contributed by atoms with Crippen molar-refractivity contribution < 1.29 is 9.18 Å². The van der Waals surface area contributed by atoms with Crippen LogP contribution in [0.25, 0.3) is 0 Å². The fourth-order valence-corrected chi connectivity index (χ4v) is 2.02. The summed E-state index contributed by atoms with van der Waals surface area (Å²) in [6, 6.07) is 5.43. The second-order valence-electron chi connectivity index (χ2n) is 4.17. The van der Waals surface area contributed by atoms with Crippen LogP contribution >= 0.6 is 11.8 Å². The molecule has 0 radical (unpaired) electrons. The average molecular weight is 270 g/mol. The molecule has 1 rings (SSSR count). The van der Waals surface area contributed by atoms with Crippen molar-refractivity contribution in [1.29, 1.82) is 0 Å². The third-order valence-corrected chi connectivity index (χ3v) is 3.34. The summed E-state index contributed by atoms with van der Waals surface area (Å²) in [6.45, 7) is 1.85. The molecule has 5 heteroatoms. The lowest BCUT2D eigenvalue weighted by molar-refractivity contribution is -0.123. The van der Waals surface area contributed by atoms with Crippen LogP contribution in [-0.2, 0) is 4.79 Å². The summed E-state index contributed by atoms with van der Waals surface area (Å²) in [6.07, 6.45) is 2.63. The topological polar surface area (TPSA) is 55.1 Å². The van der Waals surface area contributed by atoms with Gasteiger partial charge in [0.15, 0.2) is 0 Å². The second kappa shape index (κ2) is 7.38. The molecule has 0 bridgehead atoms. The van der Waals surface area contributed by atoms with Gasteiger partial charge in [0.25, 0.3) is 0 Å². The maximum absolute atomic E-state index is 12.8. The van der Waals surface area contributed by atoms with E-state index in [1.165, 1.54) is 12.1 Å². The molecule has 0 aromatic heterocycles. The second-order valence-corrected chi connectivity index (χ2v) is 5.16. The molecule has 0 aliphatic carbocycles. The Labute approximate surface area is 111 Å². The number of thioether (sulfide) groups is 1. The summed E-state index contributed by atoms with van der Waals surface area (Å²) < 4.78 is 12.8. The molecule has 0 aliphatic heterocycles. The highest BCUT2D eigenvalue weighted by molar-refractivity contribution is 7.98. The Kier molecular flexibility index (Phi) is 6.15. The van der Waals surface area contributed by atoms with Gasteiger partial charge in [-0.3, -0.25) is 4.79 Å². The highest BCUT2D eigenvalue weighted by atomic mass is 32.2. The lowest BCUT2D eigenvalue weighted by Gasteiger charge is -2.17.